The van der Waals surface area contributed by atoms with Gasteiger partial charge < -0.3 is 15.2 Å². The molecule has 0 aromatic carbocycles. The van der Waals surface area contributed by atoms with Crippen LogP contribution in [0.15, 0.2) is 11.1 Å². The molecule has 0 aliphatic carbocycles. The number of nitrogens with one attached hydrogen (secondary N) is 1. The fourth-order valence-corrected chi connectivity index (χ4v) is 1.47. The first-order valence-electron chi connectivity index (χ1n) is 5.31. The molecule has 5 heteroatoms. The predicted octanol–water partition coefficient (Wildman–Crippen LogP) is 0.703. The van der Waals surface area contributed by atoms with Crippen LogP contribution in [0.3, 0.4) is 0 Å². The minimum Gasteiger partial charge on any atom is -0.478 e. The van der Waals surface area contributed by atoms with Crippen molar-refractivity contribution in [2.45, 2.75) is 32.7 Å². The van der Waals surface area contributed by atoms with Gasteiger partial charge >= 0.3 is 5.97 Å². The van der Waals surface area contributed by atoms with Gasteiger partial charge in [0, 0.05) is 30.4 Å². The quantitative estimate of drug-likeness (QED) is 0.696. The van der Waals surface area contributed by atoms with Gasteiger partial charge in [0.05, 0.1) is 0 Å². The van der Waals surface area contributed by atoms with Gasteiger partial charge in [-0.15, -0.1) is 0 Å². The van der Waals surface area contributed by atoms with E-state index in [1.165, 1.54) is 13.8 Å². The summed E-state index contributed by atoms with van der Waals surface area (Å²) in [5.41, 5.74) is 0.351. The summed E-state index contributed by atoms with van der Waals surface area (Å²) in [6.45, 7) is 4.25. The lowest BCUT2D eigenvalue weighted by atomic mass is 10.1. The first-order valence-corrected chi connectivity index (χ1v) is 5.31. The van der Waals surface area contributed by atoms with E-state index >= 15 is 0 Å². The smallest absolute Gasteiger partial charge is 0.331 e. The Morgan fingerprint density at radius 1 is 1.19 bits per heavy atom. The van der Waals surface area contributed by atoms with Crippen LogP contribution < -0.4 is 5.32 Å². The summed E-state index contributed by atoms with van der Waals surface area (Å²) in [7, 11) is 0. The van der Waals surface area contributed by atoms with E-state index < -0.39 is 5.97 Å². The number of ether oxygens (including phenoxy) is 1. The molecule has 0 saturated carbocycles. The number of hydrogen-bond donors (Lipinski definition) is 2. The van der Waals surface area contributed by atoms with E-state index in [1.807, 2.05) is 0 Å². The van der Waals surface area contributed by atoms with Gasteiger partial charge in [0.15, 0.2) is 0 Å². The van der Waals surface area contributed by atoms with Gasteiger partial charge in [-0.05, 0) is 26.7 Å². The number of amides is 1. The van der Waals surface area contributed by atoms with E-state index in [4.69, 9.17) is 9.84 Å². The number of hydrogen-bond acceptors (Lipinski definition) is 3. The maximum absolute atomic E-state index is 11.7. The molecule has 0 aromatic rings. The van der Waals surface area contributed by atoms with Gasteiger partial charge in [-0.2, -0.15) is 0 Å². The lowest BCUT2D eigenvalue weighted by molar-refractivity contribution is -0.133. The Morgan fingerprint density at radius 2 is 1.75 bits per heavy atom. The summed E-state index contributed by atoms with van der Waals surface area (Å²) in [6, 6.07) is 0.0952. The van der Waals surface area contributed by atoms with Gasteiger partial charge in [-0.25, -0.2) is 4.79 Å². The van der Waals surface area contributed by atoms with Crippen molar-refractivity contribution in [3.05, 3.63) is 11.1 Å². The molecule has 16 heavy (non-hydrogen) atoms. The molecule has 2 N–H and O–H groups in total. The molecule has 1 fully saturated rings. The van der Waals surface area contributed by atoms with Crippen LogP contribution >= 0.6 is 0 Å². The van der Waals surface area contributed by atoms with Crippen LogP contribution in [-0.4, -0.2) is 36.2 Å². The molecule has 0 atom stereocenters. The van der Waals surface area contributed by atoms with E-state index in [0.717, 1.165) is 12.8 Å². The minimum atomic E-state index is -1.06. The van der Waals surface area contributed by atoms with E-state index in [1.54, 1.807) is 0 Å². The third-order valence-electron chi connectivity index (χ3n) is 2.78. The first-order chi connectivity index (χ1) is 7.52. The van der Waals surface area contributed by atoms with Crippen LogP contribution in [0.25, 0.3) is 0 Å². The van der Waals surface area contributed by atoms with Crippen molar-refractivity contribution in [3.8, 4) is 0 Å². The Hall–Kier alpha value is -1.36. The lowest BCUT2D eigenvalue weighted by Crippen LogP contribution is -2.39. The number of rotatable bonds is 3. The molecule has 0 bridgehead atoms. The van der Waals surface area contributed by atoms with Crippen molar-refractivity contribution in [1.29, 1.82) is 0 Å². The summed E-state index contributed by atoms with van der Waals surface area (Å²) in [5.74, 6) is -1.36. The number of carboxylic acid groups (broad SMARTS) is 1. The van der Waals surface area contributed by atoms with Crippen molar-refractivity contribution in [3.63, 3.8) is 0 Å². The van der Waals surface area contributed by atoms with Gasteiger partial charge in [-0.3, -0.25) is 4.79 Å². The highest BCUT2D eigenvalue weighted by molar-refractivity contribution is 6.01. The molecule has 0 spiro atoms. The molecule has 0 radical (unpaired) electrons. The Bertz CT molecular complexity index is 316. The monoisotopic (exact) mass is 227 g/mol. The van der Waals surface area contributed by atoms with Crippen LogP contribution in [0, 0.1) is 0 Å². The molecule has 1 aliphatic rings. The van der Waals surface area contributed by atoms with Crippen molar-refractivity contribution < 1.29 is 19.4 Å². The summed E-state index contributed by atoms with van der Waals surface area (Å²) >= 11 is 0. The maximum Gasteiger partial charge on any atom is 0.331 e. The topological polar surface area (TPSA) is 75.6 Å². The standard InChI is InChI=1S/C11H17NO4/c1-7(8(2)11(14)15)10(13)12-9-3-5-16-6-4-9/h9H,3-6H2,1-2H3,(H,12,13)(H,14,15). The fourth-order valence-electron chi connectivity index (χ4n) is 1.47. The lowest BCUT2D eigenvalue weighted by Gasteiger charge is -2.23. The van der Waals surface area contributed by atoms with Gasteiger partial charge in [0.25, 0.3) is 0 Å². The maximum atomic E-state index is 11.7. The molecule has 0 aromatic heterocycles. The molecular weight excluding hydrogens is 210 g/mol. The zero-order chi connectivity index (χ0) is 12.1. The molecule has 90 valence electrons. The molecule has 1 aliphatic heterocycles. The Kier molecular flexibility index (Phi) is 4.49. The Morgan fingerprint density at radius 3 is 2.25 bits per heavy atom. The molecule has 1 amide bonds. The van der Waals surface area contributed by atoms with Crippen LogP contribution in [0.5, 0.6) is 0 Å². The molecule has 1 heterocycles. The number of carbonyl (C=O) groups is 2. The summed E-state index contributed by atoms with van der Waals surface area (Å²) in [4.78, 5) is 22.4. The SMILES string of the molecule is CC(C(=O)O)=C(C)C(=O)NC1CCOCC1. The first kappa shape index (κ1) is 12.7. The summed E-state index contributed by atoms with van der Waals surface area (Å²) in [5, 5.41) is 11.6. The Balaban J connectivity index is 2.57. The van der Waals surface area contributed by atoms with Gasteiger partial charge in [0.2, 0.25) is 5.91 Å². The van der Waals surface area contributed by atoms with Crippen LogP contribution in [0.2, 0.25) is 0 Å². The van der Waals surface area contributed by atoms with Crippen LogP contribution in [0.4, 0.5) is 0 Å². The largest absolute Gasteiger partial charge is 0.478 e. The van der Waals surface area contributed by atoms with Crippen LogP contribution in [-0.2, 0) is 14.3 Å². The average Bonchev–Trinajstić information content (AvgIpc) is 2.28. The molecular formula is C11H17NO4. The highest BCUT2D eigenvalue weighted by atomic mass is 16.5. The van der Waals surface area contributed by atoms with E-state index in [2.05, 4.69) is 5.32 Å². The second-order valence-electron chi connectivity index (χ2n) is 3.92. The third kappa shape index (κ3) is 3.34. The molecule has 0 unspecified atom stereocenters. The minimum absolute atomic E-state index is 0.0876. The number of aliphatic carboxylic acids is 1. The van der Waals surface area contributed by atoms with Crippen molar-refractivity contribution in [2.24, 2.45) is 0 Å². The summed E-state index contributed by atoms with van der Waals surface area (Å²) in [6.07, 6.45) is 1.57. The van der Waals surface area contributed by atoms with E-state index in [0.29, 0.717) is 13.2 Å². The second kappa shape index (κ2) is 5.65. The number of carbonyl (C=O) groups excluding carboxylic acids is 1. The van der Waals surface area contributed by atoms with Crippen molar-refractivity contribution in [2.75, 3.05) is 13.2 Å². The van der Waals surface area contributed by atoms with Crippen LogP contribution in [0.1, 0.15) is 26.7 Å². The molecule has 5 nitrogen and oxygen atoms in total. The highest BCUT2D eigenvalue weighted by Crippen LogP contribution is 2.09. The third-order valence-corrected chi connectivity index (χ3v) is 2.78. The van der Waals surface area contributed by atoms with Gasteiger partial charge in [-0.1, -0.05) is 0 Å². The highest BCUT2D eigenvalue weighted by Gasteiger charge is 2.18. The van der Waals surface area contributed by atoms with Gasteiger partial charge in [0.1, 0.15) is 0 Å². The zero-order valence-corrected chi connectivity index (χ0v) is 9.58. The van der Waals surface area contributed by atoms with E-state index in [-0.39, 0.29) is 23.1 Å². The average molecular weight is 227 g/mol. The van der Waals surface area contributed by atoms with E-state index in [9.17, 15) is 9.59 Å². The fraction of sp³-hybridized carbons (Fsp3) is 0.636. The summed E-state index contributed by atoms with van der Waals surface area (Å²) < 4.78 is 5.17. The predicted molar refractivity (Wildman–Crippen MR) is 58.0 cm³/mol. The molecule has 1 rings (SSSR count). The Labute approximate surface area is 94.5 Å². The molecule has 1 saturated heterocycles. The van der Waals surface area contributed by atoms with Crippen molar-refractivity contribution in [1.82, 2.24) is 5.32 Å². The number of carboxylic acids is 1. The second-order valence-corrected chi connectivity index (χ2v) is 3.92. The zero-order valence-electron chi connectivity index (χ0n) is 9.58. The van der Waals surface area contributed by atoms with Crippen molar-refractivity contribution >= 4 is 11.9 Å². The normalized spacial score (nSPS) is 18.9.